The van der Waals surface area contributed by atoms with Crippen molar-refractivity contribution < 1.29 is 14.3 Å². The normalized spacial score (nSPS) is 16.6. The third kappa shape index (κ3) is 7.50. The molecule has 0 unspecified atom stereocenters. The fourth-order valence-electron chi connectivity index (χ4n) is 5.75. The number of ether oxygens (including phenoxy) is 1. The van der Waals surface area contributed by atoms with Gasteiger partial charge in [0.2, 0.25) is 0 Å². The monoisotopic (exact) mass is 551 g/mol. The summed E-state index contributed by atoms with van der Waals surface area (Å²) in [5, 5.41) is 12.1. The number of pyridine rings is 1. The van der Waals surface area contributed by atoms with Crippen molar-refractivity contribution >= 4 is 11.8 Å². The Balaban J connectivity index is 1.05. The van der Waals surface area contributed by atoms with Gasteiger partial charge >= 0.3 is 0 Å². The minimum absolute atomic E-state index is 0.0288. The molecule has 1 N–H and O–H groups in total. The molecule has 0 spiro atoms. The highest BCUT2D eigenvalue weighted by molar-refractivity contribution is 5.96. The van der Waals surface area contributed by atoms with Gasteiger partial charge in [-0.2, -0.15) is 5.26 Å². The van der Waals surface area contributed by atoms with Crippen molar-refractivity contribution in [3.63, 3.8) is 0 Å². The summed E-state index contributed by atoms with van der Waals surface area (Å²) in [5.41, 5.74) is 3.97. The lowest BCUT2D eigenvalue weighted by Gasteiger charge is -2.32. The minimum atomic E-state index is -0.201. The van der Waals surface area contributed by atoms with E-state index < -0.39 is 0 Å². The number of nitriles is 1. The number of carbonyl (C=O) groups excluding carboxylic acids is 2. The Kier molecular flexibility index (Phi) is 9.27. The van der Waals surface area contributed by atoms with Crippen molar-refractivity contribution in [2.75, 3.05) is 33.3 Å². The number of amides is 2. The molecule has 0 radical (unpaired) electrons. The molecule has 2 fully saturated rings. The second kappa shape index (κ2) is 13.4. The van der Waals surface area contributed by atoms with Crippen molar-refractivity contribution in [2.45, 2.75) is 44.7 Å². The van der Waals surface area contributed by atoms with Crippen molar-refractivity contribution in [3.05, 3.63) is 94.8 Å². The maximum Gasteiger partial charge on any atom is 0.270 e. The summed E-state index contributed by atoms with van der Waals surface area (Å²) < 4.78 is 5.34. The van der Waals surface area contributed by atoms with Crippen molar-refractivity contribution in [1.82, 2.24) is 20.1 Å². The van der Waals surface area contributed by atoms with Gasteiger partial charge in [-0.3, -0.25) is 19.5 Å². The molecule has 2 amide bonds. The van der Waals surface area contributed by atoms with Gasteiger partial charge in [0.1, 0.15) is 11.4 Å². The molecule has 41 heavy (non-hydrogen) atoms. The van der Waals surface area contributed by atoms with Gasteiger partial charge in [-0.05, 0) is 85.5 Å². The molecule has 8 nitrogen and oxygen atoms in total. The number of benzene rings is 2. The summed E-state index contributed by atoms with van der Waals surface area (Å²) in [6.07, 6.45) is 6.17. The number of carbonyl (C=O) groups is 2. The van der Waals surface area contributed by atoms with Crippen LogP contribution in [0.25, 0.3) is 0 Å². The zero-order chi connectivity index (χ0) is 28.6. The summed E-state index contributed by atoms with van der Waals surface area (Å²) in [5.74, 6) is 1.19. The van der Waals surface area contributed by atoms with E-state index in [9.17, 15) is 9.59 Å². The summed E-state index contributed by atoms with van der Waals surface area (Å²) in [4.78, 5) is 34.5. The molecule has 2 aliphatic heterocycles. The van der Waals surface area contributed by atoms with Crippen LogP contribution in [0.4, 0.5) is 0 Å². The molecular weight excluding hydrogens is 514 g/mol. The highest BCUT2D eigenvalue weighted by Gasteiger charge is 2.25. The van der Waals surface area contributed by atoms with Crippen LogP contribution in [0.1, 0.15) is 63.2 Å². The Hall–Kier alpha value is -4.22. The topological polar surface area (TPSA) is 98.6 Å². The molecule has 2 aliphatic rings. The number of methoxy groups -OCH3 is 1. The molecule has 0 bridgehead atoms. The lowest BCUT2D eigenvalue weighted by atomic mass is 9.90. The van der Waals surface area contributed by atoms with Crippen LogP contribution >= 0.6 is 0 Å². The van der Waals surface area contributed by atoms with E-state index in [0.29, 0.717) is 22.7 Å². The van der Waals surface area contributed by atoms with Crippen molar-refractivity contribution in [3.8, 4) is 11.8 Å². The second-order valence-corrected chi connectivity index (χ2v) is 11.1. The Morgan fingerprint density at radius 2 is 1.73 bits per heavy atom. The third-order valence-corrected chi connectivity index (χ3v) is 8.22. The summed E-state index contributed by atoms with van der Waals surface area (Å²) in [6, 6.07) is 21.5. The van der Waals surface area contributed by atoms with E-state index in [0.717, 1.165) is 70.6 Å². The molecule has 0 atom stereocenters. The van der Waals surface area contributed by atoms with Gasteiger partial charge in [0.15, 0.2) is 0 Å². The smallest absolute Gasteiger partial charge is 0.270 e. The number of nitrogens with zero attached hydrogens (tertiary/aromatic N) is 4. The number of aromatic nitrogens is 1. The third-order valence-electron chi connectivity index (χ3n) is 8.22. The number of likely N-dealkylation sites (tertiary alicyclic amines) is 2. The average Bonchev–Trinajstić information content (AvgIpc) is 3.02. The van der Waals surface area contributed by atoms with Crippen molar-refractivity contribution in [2.24, 2.45) is 5.92 Å². The van der Waals surface area contributed by atoms with Crippen LogP contribution in [0.2, 0.25) is 0 Å². The Labute approximate surface area is 241 Å². The van der Waals surface area contributed by atoms with Crippen LogP contribution in [-0.4, -0.2) is 65.9 Å². The van der Waals surface area contributed by atoms with E-state index in [1.165, 1.54) is 17.3 Å². The van der Waals surface area contributed by atoms with Crippen LogP contribution in [0.15, 0.2) is 66.9 Å². The van der Waals surface area contributed by atoms with Crippen LogP contribution in [0, 0.1) is 17.2 Å². The van der Waals surface area contributed by atoms with E-state index in [1.807, 2.05) is 41.3 Å². The summed E-state index contributed by atoms with van der Waals surface area (Å²) in [7, 11) is 1.68. The summed E-state index contributed by atoms with van der Waals surface area (Å²) >= 11 is 0. The first kappa shape index (κ1) is 28.3. The zero-order valence-corrected chi connectivity index (χ0v) is 23.6. The largest absolute Gasteiger partial charge is 0.497 e. The van der Waals surface area contributed by atoms with E-state index in [4.69, 9.17) is 10.00 Å². The molecule has 0 aliphatic carbocycles. The van der Waals surface area contributed by atoms with Crippen LogP contribution in [0.3, 0.4) is 0 Å². The lowest BCUT2D eigenvalue weighted by Crippen LogP contribution is -2.44. The zero-order valence-electron chi connectivity index (χ0n) is 23.6. The molecular formula is C33H37N5O3. The number of rotatable bonds is 8. The molecule has 3 aromatic rings. The number of nitrogens with one attached hydrogen (secondary N) is 1. The fraction of sp³-hybridized carbons (Fsp3) is 0.394. The molecule has 8 heteroatoms. The SMILES string of the molecule is COc1cccc(CC2CCN(C(=O)c3ccc(C(=O)NC4CCN(Cc5ccc(C#N)cc5)CC4)nc3)CC2)c1. The second-order valence-electron chi connectivity index (χ2n) is 11.1. The van der Waals surface area contributed by atoms with Gasteiger partial charge < -0.3 is 15.0 Å². The fourth-order valence-corrected chi connectivity index (χ4v) is 5.75. The van der Waals surface area contributed by atoms with Crippen molar-refractivity contribution in [1.29, 1.82) is 5.26 Å². The predicted octanol–water partition coefficient (Wildman–Crippen LogP) is 4.45. The first-order chi connectivity index (χ1) is 20.0. The van der Waals surface area contributed by atoms with Gasteiger partial charge in [-0.1, -0.05) is 24.3 Å². The molecule has 5 rings (SSSR count). The molecule has 2 saturated heterocycles. The molecule has 1 aromatic heterocycles. The van der Waals surface area contributed by atoms with E-state index in [-0.39, 0.29) is 17.9 Å². The predicted molar refractivity (Wildman–Crippen MR) is 156 cm³/mol. The maximum absolute atomic E-state index is 13.1. The molecule has 3 heterocycles. The van der Waals surface area contributed by atoms with Gasteiger partial charge in [-0.25, -0.2) is 0 Å². The Morgan fingerprint density at radius 1 is 0.976 bits per heavy atom. The highest BCUT2D eigenvalue weighted by Crippen LogP contribution is 2.24. The Morgan fingerprint density at radius 3 is 2.39 bits per heavy atom. The quantitative estimate of drug-likeness (QED) is 0.444. The van der Waals surface area contributed by atoms with Gasteiger partial charge in [0, 0.05) is 45.0 Å². The highest BCUT2D eigenvalue weighted by atomic mass is 16.5. The van der Waals surface area contributed by atoms with E-state index in [2.05, 4.69) is 33.4 Å². The molecule has 2 aromatic carbocycles. The number of hydrogen-bond acceptors (Lipinski definition) is 6. The first-order valence-electron chi connectivity index (χ1n) is 14.4. The van der Waals surface area contributed by atoms with Crippen LogP contribution < -0.4 is 10.1 Å². The molecule has 212 valence electrons. The van der Waals surface area contributed by atoms with Gasteiger partial charge in [0.05, 0.1) is 24.3 Å². The first-order valence-corrected chi connectivity index (χ1v) is 14.4. The maximum atomic E-state index is 13.1. The summed E-state index contributed by atoms with van der Waals surface area (Å²) in [6.45, 7) is 4.06. The minimum Gasteiger partial charge on any atom is -0.497 e. The van der Waals surface area contributed by atoms with E-state index >= 15 is 0 Å². The standard InChI is InChI=1S/C33H37N5O3/c1-41-30-4-2-3-27(20-30)19-24-11-17-38(18-12-24)33(40)28-9-10-31(35-22-28)32(39)36-29-13-15-37(16-14-29)23-26-7-5-25(21-34)6-8-26/h2-10,20,22,24,29H,11-19,23H2,1H3,(H,36,39). The van der Waals surface area contributed by atoms with Gasteiger partial charge in [0.25, 0.3) is 11.8 Å². The number of hydrogen-bond donors (Lipinski definition) is 1. The molecule has 0 saturated carbocycles. The van der Waals surface area contributed by atoms with E-state index in [1.54, 1.807) is 19.2 Å². The number of piperidine rings is 2. The van der Waals surface area contributed by atoms with Gasteiger partial charge in [-0.15, -0.1) is 0 Å². The van der Waals surface area contributed by atoms with Crippen LogP contribution in [0.5, 0.6) is 5.75 Å². The van der Waals surface area contributed by atoms with Crippen LogP contribution in [-0.2, 0) is 13.0 Å². The Bertz CT molecular complexity index is 1370. The average molecular weight is 552 g/mol. The lowest BCUT2D eigenvalue weighted by molar-refractivity contribution is 0.0689.